The van der Waals surface area contributed by atoms with Gasteiger partial charge in [0, 0.05) is 0 Å². The van der Waals surface area contributed by atoms with Crippen LogP contribution < -0.4 is 0 Å². The summed E-state index contributed by atoms with van der Waals surface area (Å²) in [6, 6.07) is 0. The Morgan fingerprint density at radius 1 is 0.800 bits per heavy atom. The van der Waals surface area contributed by atoms with Crippen LogP contribution in [-0.4, -0.2) is 13.6 Å². The van der Waals surface area contributed by atoms with Crippen molar-refractivity contribution in [1.82, 2.24) is 0 Å². The van der Waals surface area contributed by atoms with Crippen molar-refractivity contribution in [2.24, 2.45) is 0 Å². The molecule has 0 amide bonds. The first kappa shape index (κ1) is 5.56. The van der Waals surface area contributed by atoms with Gasteiger partial charge in [0.15, 0.2) is 0 Å². The van der Waals surface area contributed by atoms with Crippen LogP contribution >= 0.6 is 0 Å². The molecule has 0 atom stereocenters. The van der Waals surface area contributed by atoms with E-state index < -0.39 is 13.6 Å². The van der Waals surface area contributed by atoms with E-state index in [-0.39, 0.29) is 0 Å². The van der Waals surface area contributed by atoms with Crippen LogP contribution in [0.25, 0.3) is 0 Å². The van der Waals surface area contributed by atoms with Crippen molar-refractivity contribution >= 4 is 13.6 Å². The molecule has 0 rings (SSSR count). The molecular formula is C4H12As. The molecule has 0 aliphatic rings. The quantitative estimate of drug-likeness (QED) is 0.445. The van der Waals surface area contributed by atoms with E-state index in [2.05, 4.69) is 22.8 Å². The fraction of sp³-hybridized carbons (Fsp3) is 1.00. The molecule has 33 valence electrons. The Morgan fingerprint density at radius 3 is 0.800 bits per heavy atom. The van der Waals surface area contributed by atoms with E-state index in [0.29, 0.717) is 0 Å². The van der Waals surface area contributed by atoms with E-state index in [1.165, 1.54) is 0 Å². The van der Waals surface area contributed by atoms with Crippen LogP contribution in [0.2, 0.25) is 22.8 Å². The number of rotatable bonds is 0. The molecule has 0 saturated heterocycles. The molecule has 0 aliphatic carbocycles. The summed E-state index contributed by atoms with van der Waals surface area (Å²) in [6.07, 6.45) is 0. The average Bonchev–Trinajstić information content (AvgIpc) is 0.722. The van der Waals surface area contributed by atoms with Gasteiger partial charge < -0.3 is 0 Å². The minimum atomic E-state index is -0.875. The van der Waals surface area contributed by atoms with Crippen LogP contribution in [0.4, 0.5) is 0 Å². The molecule has 0 N–H and O–H groups in total. The van der Waals surface area contributed by atoms with E-state index in [0.717, 1.165) is 0 Å². The van der Waals surface area contributed by atoms with Crippen LogP contribution in [0.5, 0.6) is 0 Å². The number of hydrogen-bond donors (Lipinski definition) is 0. The Labute approximate surface area is 37.0 Å². The van der Waals surface area contributed by atoms with Crippen molar-refractivity contribution in [2.75, 3.05) is 0 Å². The standard InChI is InChI=1S/C4H12As/c1-5(2,3)4/h1-4H3. The van der Waals surface area contributed by atoms with Gasteiger partial charge in [-0.2, -0.15) is 0 Å². The van der Waals surface area contributed by atoms with E-state index >= 15 is 0 Å². The summed E-state index contributed by atoms with van der Waals surface area (Å²) in [5.41, 5.74) is 9.44. The van der Waals surface area contributed by atoms with Gasteiger partial charge in [-0.1, -0.05) is 0 Å². The van der Waals surface area contributed by atoms with E-state index in [9.17, 15) is 0 Å². The predicted molar refractivity (Wildman–Crippen MR) is 29.2 cm³/mol. The molecular weight excluding hydrogens is 123 g/mol. The summed E-state index contributed by atoms with van der Waals surface area (Å²) < 4.78 is 0. The maximum atomic E-state index is 2.36. The first-order valence-corrected chi connectivity index (χ1v) is 9.30. The van der Waals surface area contributed by atoms with Gasteiger partial charge in [0.05, 0.1) is 0 Å². The van der Waals surface area contributed by atoms with Crippen LogP contribution in [0.3, 0.4) is 0 Å². The molecule has 0 aromatic heterocycles. The van der Waals surface area contributed by atoms with Gasteiger partial charge in [-0.25, -0.2) is 0 Å². The second-order valence-corrected chi connectivity index (χ2v) is 13.9. The van der Waals surface area contributed by atoms with Crippen LogP contribution in [0.1, 0.15) is 0 Å². The Bertz CT molecular complexity index is 19.1. The molecule has 0 spiro atoms. The SMILES string of the molecule is C[As](C)(C)C. The zero-order chi connectivity index (χ0) is 4.50. The van der Waals surface area contributed by atoms with Crippen molar-refractivity contribution in [3.05, 3.63) is 0 Å². The summed E-state index contributed by atoms with van der Waals surface area (Å²) in [7, 11) is 0. The minimum absolute atomic E-state index is 0.875. The van der Waals surface area contributed by atoms with Crippen LogP contribution in [0, 0.1) is 0 Å². The Balaban J connectivity index is 3.02. The van der Waals surface area contributed by atoms with E-state index in [1.807, 2.05) is 0 Å². The fourth-order valence-corrected chi connectivity index (χ4v) is 0. The molecule has 0 bridgehead atoms. The van der Waals surface area contributed by atoms with Crippen LogP contribution in [-0.2, 0) is 0 Å². The molecule has 5 heavy (non-hydrogen) atoms. The molecule has 1 radical (unpaired) electrons. The summed E-state index contributed by atoms with van der Waals surface area (Å²) in [5.74, 6) is 0. The first-order valence-electron chi connectivity index (χ1n) is 1.79. The van der Waals surface area contributed by atoms with Crippen molar-refractivity contribution in [1.29, 1.82) is 0 Å². The molecule has 0 fully saturated rings. The van der Waals surface area contributed by atoms with Crippen molar-refractivity contribution in [3.63, 3.8) is 0 Å². The molecule has 0 saturated carbocycles. The average molecular weight is 135 g/mol. The third-order valence-electron chi connectivity index (χ3n) is 0. The summed E-state index contributed by atoms with van der Waals surface area (Å²) in [4.78, 5) is 0. The molecule has 0 unspecified atom stereocenters. The third kappa shape index (κ3) is 95.7. The first-order chi connectivity index (χ1) is 2.00. The van der Waals surface area contributed by atoms with Gasteiger partial charge in [-0.05, 0) is 0 Å². The molecule has 0 aromatic rings. The molecule has 0 aliphatic heterocycles. The van der Waals surface area contributed by atoms with Crippen molar-refractivity contribution < 1.29 is 0 Å². The van der Waals surface area contributed by atoms with Gasteiger partial charge in [0.2, 0.25) is 0 Å². The fourth-order valence-electron chi connectivity index (χ4n) is 0. The maximum absolute atomic E-state index is 2.36. The zero-order valence-electron chi connectivity index (χ0n) is 4.45. The Kier molecular flexibility index (Phi) is 1.49. The topological polar surface area (TPSA) is 0 Å². The predicted octanol–water partition coefficient (Wildman–Crippen LogP) is 1.95. The molecule has 0 heterocycles. The van der Waals surface area contributed by atoms with E-state index in [4.69, 9.17) is 0 Å². The summed E-state index contributed by atoms with van der Waals surface area (Å²) in [6.45, 7) is 0. The summed E-state index contributed by atoms with van der Waals surface area (Å²) in [5, 5.41) is 0. The molecule has 0 nitrogen and oxygen atoms in total. The van der Waals surface area contributed by atoms with Gasteiger partial charge in [-0.15, -0.1) is 0 Å². The molecule has 0 aromatic carbocycles. The Hall–Kier alpha value is 0.558. The second kappa shape index (κ2) is 1.34. The van der Waals surface area contributed by atoms with Gasteiger partial charge in [-0.3, -0.25) is 0 Å². The summed E-state index contributed by atoms with van der Waals surface area (Å²) >= 11 is -0.875. The van der Waals surface area contributed by atoms with Crippen molar-refractivity contribution in [3.8, 4) is 0 Å². The van der Waals surface area contributed by atoms with Gasteiger partial charge in [0.25, 0.3) is 0 Å². The zero-order valence-corrected chi connectivity index (χ0v) is 6.32. The monoisotopic (exact) mass is 135 g/mol. The number of hydrogen-bond acceptors (Lipinski definition) is 0. The second-order valence-electron chi connectivity index (χ2n) is 2.68. The third-order valence-corrected chi connectivity index (χ3v) is 0. The van der Waals surface area contributed by atoms with Gasteiger partial charge in [0.1, 0.15) is 0 Å². The Morgan fingerprint density at radius 2 is 0.800 bits per heavy atom. The van der Waals surface area contributed by atoms with Crippen molar-refractivity contribution in [2.45, 2.75) is 22.8 Å². The molecule has 1 heteroatoms. The van der Waals surface area contributed by atoms with E-state index in [1.54, 1.807) is 0 Å². The van der Waals surface area contributed by atoms with Gasteiger partial charge >= 0.3 is 36.4 Å². The normalized spacial score (nSPS) is 12.0. The van der Waals surface area contributed by atoms with Crippen LogP contribution in [0.15, 0.2) is 0 Å².